The van der Waals surface area contributed by atoms with Gasteiger partial charge in [-0.15, -0.1) is 0 Å². The molecule has 0 heterocycles. The molecule has 0 aliphatic rings. The lowest BCUT2D eigenvalue weighted by atomic mass is 9.86. The van der Waals surface area contributed by atoms with E-state index in [1.54, 1.807) is 0 Å². The van der Waals surface area contributed by atoms with E-state index in [0.717, 1.165) is 6.42 Å². The van der Waals surface area contributed by atoms with Gasteiger partial charge in [-0.2, -0.15) is 0 Å². The Morgan fingerprint density at radius 3 is 2.16 bits per heavy atom. The smallest absolute Gasteiger partial charge is 0.0788 e. The summed E-state index contributed by atoms with van der Waals surface area (Å²) in [5.74, 6) is 0.488. The second-order valence-electron chi connectivity index (χ2n) is 6.18. The molecule has 0 bridgehead atoms. The second kappa shape index (κ2) is 9.73. The third-order valence-corrected chi connectivity index (χ3v) is 3.84. The first-order valence-electron chi connectivity index (χ1n) is 7.76. The Labute approximate surface area is 119 Å². The van der Waals surface area contributed by atoms with Crippen molar-refractivity contribution in [3.8, 4) is 0 Å². The zero-order valence-corrected chi connectivity index (χ0v) is 13.7. The van der Waals surface area contributed by atoms with Gasteiger partial charge in [-0.3, -0.25) is 0 Å². The molecule has 1 N–H and O–H groups in total. The molecule has 0 amide bonds. The van der Waals surface area contributed by atoms with Gasteiger partial charge in [0.25, 0.3) is 0 Å². The summed E-state index contributed by atoms with van der Waals surface area (Å²) in [6.45, 7) is 13.4. The van der Waals surface area contributed by atoms with Crippen molar-refractivity contribution >= 4 is 0 Å². The molecule has 0 radical (unpaired) electrons. The van der Waals surface area contributed by atoms with Crippen LogP contribution in [0.3, 0.4) is 0 Å². The Kier molecular flexibility index (Phi) is 9.67. The Hall–Kier alpha value is -0.120. The van der Waals surface area contributed by atoms with Crippen LogP contribution in [0.25, 0.3) is 0 Å². The van der Waals surface area contributed by atoms with Gasteiger partial charge in [0.2, 0.25) is 0 Å². The Morgan fingerprint density at radius 1 is 1.05 bits per heavy atom. The fraction of sp³-hybridized carbons (Fsp3) is 1.00. The minimum Gasteiger partial charge on any atom is -0.394 e. The van der Waals surface area contributed by atoms with Gasteiger partial charge >= 0.3 is 0 Å². The number of rotatable bonds is 11. The van der Waals surface area contributed by atoms with Gasteiger partial charge in [0, 0.05) is 0 Å². The standard InChI is InChI=1S/C16H34O3/c1-7-8-9-10-16(6,13(2)3)19-15(5)12-18-14(4)11-17/h13-15,17H,7-12H2,1-6H3. The van der Waals surface area contributed by atoms with Crippen LogP contribution >= 0.6 is 0 Å². The maximum Gasteiger partial charge on any atom is 0.0788 e. The molecule has 0 aromatic rings. The summed E-state index contributed by atoms with van der Waals surface area (Å²) in [5, 5.41) is 8.95. The molecule has 0 aliphatic carbocycles. The summed E-state index contributed by atoms with van der Waals surface area (Å²) in [4.78, 5) is 0. The molecule has 0 saturated heterocycles. The van der Waals surface area contributed by atoms with E-state index in [9.17, 15) is 0 Å². The van der Waals surface area contributed by atoms with Crippen LogP contribution in [-0.2, 0) is 9.47 Å². The Bertz CT molecular complexity index is 218. The number of hydrogen-bond donors (Lipinski definition) is 1. The molecule has 116 valence electrons. The van der Waals surface area contributed by atoms with Crippen molar-refractivity contribution < 1.29 is 14.6 Å². The van der Waals surface area contributed by atoms with E-state index >= 15 is 0 Å². The van der Waals surface area contributed by atoms with Crippen molar-refractivity contribution in [2.75, 3.05) is 13.2 Å². The van der Waals surface area contributed by atoms with E-state index in [4.69, 9.17) is 14.6 Å². The quantitative estimate of drug-likeness (QED) is 0.583. The zero-order chi connectivity index (χ0) is 14.9. The number of ether oxygens (including phenoxy) is 2. The van der Waals surface area contributed by atoms with Crippen LogP contribution in [0.5, 0.6) is 0 Å². The average molecular weight is 274 g/mol. The van der Waals surface area contributed by atoms with Gasteiger partial charge in [0.1, 0.15) is 0 Å². The third-order valence-electron chi connectivity index (χ3n) is 3.84. The van der Waals surface area contributed by atoms with Gasteiger partial charge in [-0.1, -0.05) is 40.0 Å². The highest BCUT2D eigenvalue weighted by Crippen LogP contribution is 2.29. The maximum atomic E-state index is 8.95. The lowest BCUT2D eigenvalue weighted by Gasteiger charge is -2.37. The highest BCUT2D eigenvalue weighted by Gasteiger charge is 2.30. The number of hydrogen-bond acceptors (Lipinski definition) is 3. The number of aliphatic hydroxyl groups excluding tert-OH is 1. The van der Waals surface area contributed by atoms with Crippen LogP contribution in [0.15, 0.2) is 0 Å². The van der Waals surface area contributed by atoms with Crippen molar-refractivity contribution in [3.63, 3.8) is 0 Å². The van der Waals surface area contributed by atoms with Crippen molar-refractivity contribution in [1.82, 2.24) is 0 Å². The summed E-state index contributed by atoms with van der Waals surface area (Å²) in [6, 6.07) is 0. The molecule has 19 heavy (non-hydrogen) atoms. The van der Waals surface area contributed by atoms with Crippen LogP contribution in [-0.4, -0.2) is 36.1 Å². The Morgan fingerprint density at radius 2 is 1.68 bits per heavy atom. The van der Waals surface area contributed by atoms with Crippen molar-refractivity contribution in [1.29, 1.82) is 0 Å². The first kappa shape index (κ1) is 18.9. The molecular formula is C16H34O3. The van der Waals surface area contributed by atoms with Crippen LogP contribution in [0.2, 0.25) is 0 Å². The molecule has 3 heteroatoms. The lowest BCUT2D eigenvalue weighted by molar-refractivity contribution is -0.138. The van der Waals surface area contributed by atoms with Gasteiger partial charge in [-0.05, 0) is 33.1 Å². The van der Waals surface area contributed by atoms with E-state index in [1.807, 2.05) is 13.8 Å². The predicted octanol–water partition coefficient (Wildman–Crippen LogP) is 3.78. The monoisotopic (exact) mass is 274 g/mol. The van der Waals surface area contributed by atoms with Crippen LogP contribution in [0.1, 0.15) is 67.2 Å². The highest BCUT2D eigenvalue weighted by atomic mass is 16.6. The van der Waals surface area contributed by atoms with Gasteiger partial charge in [-0.25, -0.2) is 0 Å². The normalized spacial score (nSPS) is 18.3. The molecule has 0 aromatic carbocycles. The lowest BCUT2D eigenvalue weighted by Crippen LogP contribution is -2.39. The van der Waals surface area contributed by atoms with Gasteiger partial charge in [0.15, 0.2) is 0 Å². The fourth-order valence-corrected chi connectivity index (χ4v) is 2.06. The van der Waals surface area contributed by atoms with Gasteiger partial charge in [0.05, 0.1) is 31.0 Å². The van der Waals surface area contributed by atoms with Crippen LogP contribution in [0, 0.1) is 5.92 Å². The molecular weight excluding hydrogens is 240 g/mol. The summed E-state index contributed by atoms with van der Waals surface area (Å²) in [5.41, 5.74) is -0.0829. The van der Waals surface area contributed by atoms with Gasteiger partial charge < -0.3 is 14.6 Å². The summed E-state index contributed by atoms with van der Waals surface area (Å²) in [7, 11) is 0. The fourth-order valence-electron chi connectivity index (χ4n) is 2.06. The summed E-state index contributed by atoms with van der Waals surface area (Å²) in [6.07, 6.45) is 4.75. The SMILES string of the molecule is CCCCCC(C)(OC(C)COC(C)CO)C(C)C. The van der Waals surface area contributed by atoms with Crippen molar-refractivity contribution in [2.45, 2.75) is 85.0 Å². The van der Waals surface area contributed by atoms with Crippen molar-refractivity contribution in [3.05, 3.63) is 0 Å². The third kappa shape index (κ3) is 7.91. The second-order valence-corrected chi connectivity index (χ2v) is 6.18. The van der Waals surface area contributed by atoms with E-state index in [1.165, 1.54) is 19.3 Å². The molecule has 0 aromatic heterocycles. The van der Waals surface area contributed by atoms with Crippen molar-refractivity contribution in [2.24, 2.45) is 5.92 Å². The molecule has 0 spiro atoms. The largest absolute Gasteiger partial charge is 0.394 e. The molecule has 0 saturated carbocycles. The summed E-state index contributed by atoms with van der Waals surface area (Å²) >= 11 is 0. The molecule has 3 atom stereocenters. The molecule has 3 nitrogen and oxygen atoms in total. The van der Waals surface area contributed by atoms with E-state index in [0.29, 0.717) is 12.5 Å². The molecule has 3 unspecified atom stereocenters. The zero-order valence-electron chi connectivity index (χ0n) is 13.7. The first-order chi connectivity index (χ1) is 8.85. The minimum absolute atomic E-state index is 0.0584. The number of aliphatic hydroxyl groups is 1. The highest BCUT2D eigenvalue weighted by molar-refractivity contribution is 4.80. The van der Waals surface area contributed by atoms with E-state index in [-0.39, 0.29) is 24.4 Å². The van der Waals surface area contributed by atoms with Crippen LogP contribution < -0.4 is 0 Å². The molecule has 0 fully saturated rings. The minimum atomic E-state index is -0.114. The molecule has 0 aliphatic heterocycles. The Balaban J connectivity index is 4.23. The topological polar surface area (TPSA) is 38.7 Å². The number of unbranched alkanes of at least 4 members (excludes halogenated alkanes) is 2. The average Bonchev–Trinajstić information content (AvgIpc) is 2.36. The maximum absolute atomic E-state index is 8.95. The van der Waals surface area contributed by atoms with E-state index in [2.05, 4.69) is 27.7 Å². The van der Waals surface area contributed by atoms with Crippen LogP contribution in [0.4, 0.5) is 0 Å². The predicted molar refractivity (Wildman–Crippen MR) is 80.4 cm³/mol. The van der Waals surface area contributed by atoms with E-state index < -0.39 is 0 Å². The molecule has 0 rings (SSSR count). The first-order valence-corrected chi connectivity index (χ1v) is 7.76. The summed E-state index contributed by atoms with van der Waals surface area (Å²) < 4.78 is 11.8.